The zero-order valence-electron chi connectivity index (χ0n) is 8.93. The molecule has 74 valence electrons. The van der Waals surface area contributed by atoms with Gasteiger partial charge in [-0.3, -0.25) is 0 Å². The molecule has 0 saturated carbocycles. The summed E-state index contributed by atoms with van der Waals surface area (Å²) < 4.78 is 0. The smallest absolute Gasteiger partial charge is 0.109 e. The van der Waals surface area contributed by atoms with E-state index in [0.717, 1.165) is 0 Å². The summed E-state index contributed by atoms with van der Waals surface area (Å²) in [5.41, 5.74) is 1.17. The Morgan fingerprint density at radius 1 is 1.31 bits per heavy atom. The van der Waals surface area contributed by atoms with Crippen molar-refractivity contribution in [3.05, 3.63) is 17.7 Å². The van der Waals surface area contributed by atoms with Crippen molar-refractivity contribution in [2.24, 2.45) is 0 Å². The van der Waals surface area contributed by atoms with Crippen LogP contribution < -0.4 is 0 Å². The highest BCUT2D eigenvalue weighted by Crippen LogP contribution is 2.23. The number of hydrogen-bond donors (Lipinski definition) is 1. The van der Waals surface area contributed by atoms with E-state index in [-0.39, 0.29) is 0 Å². The molecule has 0 atom stereocenters. The molecule has 0 bridgehead atoms. The fraction of sp³-hybridized carbons (Fsp3) is 0.727. The molecule has 0 amide bonds. The van der Waals surface area contributed by atoms with Gasteiger partial charge in [-0.1, -0.05) is 26.7 Å². The fourth-order valence-corrected chi connectivity index (χ4v) is 1.76. The van der Waals surface area contributed by atoms with Gasteiger partial charge in [0.1, 0.15) is 5.82 Å². The van der Waals surface area contributed by atoms with Gasteiger partial charge in [-0.25, -0.2) is 4.98 Å². The molecule has 0 aliphatic heterocycles. The van der Waals surface area contributed by atoms with Crippen molar-refractivity contribution < 1.29 is 0 Å². The minimum absolute atomic E-state index is 0.642. The number of imidazole rings is 1. The topological polar surface area (TPSA) is 28.7 Å². The summed E-state index contributed by atoms with van der Waals surface area (Å²) in [6.07, 6.45) is 6.91. The minimum atomic E-state index is 0.642. The van der Waals surface area contributed by atoms with Crippen molar-refractivity contribution >= 4 is 0 Å². The lowest BCUT2D eigenvalue weighted by atomic mass is 9.98. The molecule has 1 N–H and O–H groups in total. The maximum Gasteiger partial charge on any atom is 0.109 e. The van der Waals surface area contributed by atoms with E-state index in [4.69, 9.17) is 0 Å². The van der Waals surface area contributed by atoms with Crippen molar-refractivity contribution in [2.45, 2.75) is 52.4 Å². The third-order valence-corrected chi connectivity index (χ3v) is 2.38. The highest BCUT2D eigenvalue weighted by molar-refractivity contribution is 5.03. The van der Waals surface area contributed by atoms with Gasteiger partial charge >= 0.3 is 0 Å². The summed E-state index contributed by atoms with van der Waals surface area (Å²) in [7, 11) is 0. The Balaban J connectivity index is 2.63. The number of rotatable bonds is 5. The molecule has 0 fully saturated rings. The van der Waals surface area contributed by atoms with Gasteiger partial charge < -0.3 is 4.98 Å². The highest BCUT2D eigenvalue weighted by Gasteiger charge is 2.11. The van der Waals surface area contributed by atoms with Crippen LogP contribution in [0.25, 0.3) is 0 Å². The number of aromatic nitrogens is 2. The molecule has 2 heteroatoms. The summed E-state index contributed by atoms with van der Waals surface area (Å²) in [6, 6.07) is 0. The zero-order chi connectivity index (χ0) is 9.68. The van der Waals surface area contributed by atoms with Gasteiger partial charge in [0, 0.05) is 17.8 Å². The van der Waals surface area contributed by atoms with Crippen molar-refractivity contribution in [3.8, 4) is 0 Å². The predicted octanol–water partition coefficient (Wildman–Crippen LogP) is 3.40. The van der Waals surface area contributed by atoms with Crippen LogP contribution >= 0.6 is 0 Å². The van der Waals surface area contributed by atoms with Gasteiger partial charge in [0.2, 0.25) is 0 Å². The summed E-state index contributed by atoms with van der Waals surface area (Å²) in [6.45, 7) is 6.53. The summed E-state index contributed by atoms with van der Waals surface area (Å²) in [4.78, 5) is 7.73. The molecule has 0 spiro atoms. The molecule has 0 aromatic carbocycles. The lowest BCUT2D eigenvalue weighted by molar-refractivity contribution is 0.538. The molecule has 1 rings (SSSR count). The molecule has 0 aliphatic rings. The lowest BCUT2D eigenvalue weighted by Gasteiger charge is -2.11. The molecule has 13 heavy (non-hydrogen) atoms. The molecule has 0 radical (unpaired) electrons. The van der Waals surface area contributed by atoms with Crippen LogP contribution in [-0.4, -0.2) is 9.97 Å². The summed E-state index contributed by atoms with van der Waals surface area (Å²) in [5, 5.41) is 0. The first-order valence-electron chi connectivity index (χ1n) is 5.29. The Kier molecular flexibility index (Phi) is 4.00. The van der Waals surface area contributed by atoms with E-state index < -0.39 is 0 Å². The maximum atomic E-state index is 4.40. The van der Waals surface area contributed by atoms with Crippen LogP contribution in [0.1, 0.15) is 57.0 Å². The quantitative estimate of drug-likeness (QED) is 0.739. The standard InChI is InChI=1S/C11H20N2/c1-4-6-10(7-5-2)11-12-8-9(3)13-11/h8,10H,4-7H2,1-3H3,(H,12,13). The molecule has 0 unspecified atom stereocenters. The number of aromatic amines is 1. The van der Waals surface area contributed by atoms with Crippen LogP contribution in [-0.2, 0) is 0 Å². The Morgan fingerprint density at radius 3 is 2.31 bits per heavy atom. The van der Waals surface area contributed by atoms with E-state index in [1.807, 2.05) is 6.20 Å². The lowest BCUT2D eigenvalue weighted by Crippen LogP contribution is -2.00. The Labute approximate surface area is 80.8 Å². The zero-order valence-corrected chi connectivity index (χ0v) is 8.93. The monoisotopic (exact) mass is 180 g/mol. The third-order valence-electron chi connectivity index (χ3n) is 2.38. The molecule has 2 nitrogen and oxygen atoms in total. The largest absolute Gasteiger partial charge is 0.346 e. The van der Waals surface area contributed by atoms with Gasteiger partial charge in [0.15, 0.2) is 0 Å². The van der Waals surface area contributed by atoms with Gasteiger partial charge in [-0.15, -0.1) is 0 Å². The van der Waals surface area contributed by atoms with Crippen molar-refractivity contribution in [2.75, 3.05) is 0 Å². The second kappa shape index (κ2) is 5.05. The first-order chi connectivity index (χ1) is 6.27. The maximum absolute atomic E-state index is 4.40. The van der Waals surface area contributed by atoms with Gasteiger partial charge in [0.25, 0.3) is 0 Å². The number of hydrogen-bond acceptors (Lipinski definition) is 1. The molecule has 1 heterocycles. The van der Waals surface area contributed by atoms with Gasteiger partial charge in [0.05, 0.1) is 0 Å². The molecular formula is C11H20N2. The van der Waals surface area contributed by atoms with Crippen molar-refractivity contribution in [3.63, 3.8) is 0 Å². The Morgan fingerprint density at radius 2 is 1.92 bits per heavy atom. The van der Waals surface area contributed by atoms with Gasteiger partial charge in [-0.05, 0) is 19.8 Å². The van der Waals surface area contributed by atoms with Crippen LogP contribution in [0.2, 0.25) is 0 Å². The predicted molar refractivity (Wildman–Crippen MR) is 55.9 cm³/mol. The summed E-state index contributed by atoms with van der Waals surface area (Å²) in [5.74, 6) is 1.82. The molecule has 1 aromatic heterocycles. The average Bonchev–Trinajstić information content (AvgIpc) is 2.51. The van der Waals surface area contributed by atoms with Crippen LogP contribution in [0.5, 0.6) is 0 Å². The third kappa shape index (κ3) is 2.87. The number of nitrogens with zero attached hydrogens (tertiary/aromatic N) is 1. The molecular weight excluding hydrogens is 160 g/mol. The normalized spacial score (nSPS) is 11.1. The molecule has 1 aromatic rings. The molecule has 0 saturated heterocycles. The first kappa shape index (κ1) is 10.3. The van der Waals surface area contributed by atoms with Crippen LogP contribution in [0.4, 0.5) is 0 Å². The van der Waals surface area contributed by atoms with Crippen molar-refractivity contribution in [1.82, 2.24) is 9.97 Å². The minimum Gasteiger partial charge on any atom is -0.346 e. The second-order valence-corrected chi connectivity index (χ2v) is 3.73. The average molecular weight is 180 g/mol. The Bertz CT molecular complexity index is 234. The molecule has 0 aliphatic carbocycles. The fourth-order valence-electron chi connectivity index (χ4n) is 1.76. The van der Waals surface area contributed by atoms with E-state index in [1.54, 1.807) is 0 Å². The summed E-state index contributed by atoms with van der Waals surface area (Å²) >= 11 is 0. The number of aryl methyl sites for hydroxylation is 1. The SMILES string of the molecule is CCCC(CCC)c1ncc(C)[nH]1. The highest BCUT2D eigenvalue weighted by atomic mass is 14.9. The van der Waals surface area contributed by atoms with Crippen LogP contribution in [0, 0.1) is 6.92 Å². The van der Waals surface area contributed by atoms with Crippen LogP contribution in [0.15, 0.2) is 6.20 Å². The van der Waals surface area contributed by atoms with E-state index in [9.17, 15) is 0 Å². The number of H-pyrrole nitrogens is 1. The van der Waals surface area contributed by atoms with E-state index in [2.05, 4.69) is 30.7 Å². The number of nitrogens with one attached hydrogen (secondary N) is 1. The van der Waals surface area contributed by atoms with E-state index in [0.29, 0.717) is 5.92 Å². The van der Waals surface area contributed by atoms with Gasteiger partial charge in [-0.2, -0.15) is 0 Å². The van der Waals surface area contributed by atoms with Crippen molar-refractivity contribution in [1.29, 1.82) is 0 Å². The van der Waals surface area contributed by atoms with E-state index in [1.165, 1.54) is 37.2 Å². The second-order valence-electron chi connectivity index (χ2n) is 3.73. The van der Waals surface area contributed by atoms with Crippen LogP contribution in [0.3, 0.4) is 0 Å². The van der Waals surface area contributed by atoms with E-state index >= 15 is 0 Å². The Hall–Kier alpha value is -0.790. The first-order valence-corrected chi connectivity index (χ1v) is 5.29.